The third kappa shape index (κ3) is 6.91. The molecule has 0 fully saturated rings. The van der Waals surface area contributed by atoms with Gasteiger partial charge in [0.1, 0.15) is 0 Å². The average Bonchev–Trinajstić information content (AvgIpc) is 2.26. The smallest absolute Gasteiger partial charge is 0.374 e. The van der Waals surface area contributed by atoms with Crippen LogP contribution < -0.4 is 0 Å². The first kappa shape index (κ1) is 16.4. The molecule has 0 N–H and O–H groups in total. The van der Waals surface area contributed by atoms with Crippen LogP contribution in [-0.4, -0.2) is 40.1 Å². The third-order valence-corrected chi connectivity index (χ3v) is 6.21. The maximum atomic E-state index is 5.78. The van der Waals surface area contributed by atoms with E-state index in [1.54, 1.807) is 0 Å². The first-order valence-electron chi connectivity index (χ1n) is 6.24. The van der Waals surface area contributed by atoms with Gasteiger partial charge in [0.15, 0.2) is 0 Å². The Labute approximate surface area is 106 Å². The number of hydrogen-bond donors (Lipinski definition) is 0. The van der Waals surface area contributed by atoms with E-state index in [4.69, 9.17) is 13.3 Å². The summed E-state index contributed by atoms with van der Waals surface area (Å²) < 4.78 is 17.3. The molecule has 0 aliphatic heterocycles. The highest BCUT2D eigenvalue weighted by molar-refractivity contribution is 7.99. The minimum atomic E-state index is -2.36. The van der Waals surface area contributed by atoms with Crippen LogP contribution in [0, 0.1) is 0 Å². The van der Waals surface area contributed by atoms with Crippen molar-refractivity contribution >= 4 is 20.6 Å². The van der Waals surface area contributed by atoms with Gasteiger partial charge in [0.2, 0.25) is 0 Å². The van der Waals surface area contributed by atoms with Gasteiger partial charge in [0, 0.05) is 25.9 Å². The maximum Gasteiger partial charge on any atom is 0.500 e. The fourth-order valence-corrected chi connectivity index (χ4v) is 5.04. The van der Waals surface area contributed by atoms with E-state index in [0.717, 1.165) is 12.5 Å². The van der Waals surface area contributed by atoms with Gasteiger partial charge in [-0.25, -0.2) is 0 Å². The van der Waals surface area contributed by atoms with E-state index in [2.05, 4.69) is 6.92 Å². The Morgan fingerprint density at radius 2 is 1.38 bits per heavy atom. The molecule has 5 heteroatoms. The van der Waals surface area contributed by atoms with Crippen LogP contribution in [0.2, 0.25) is 6.04 Å². The quantitative estimate of drug-likeness (QED) is 0.424. The average molecular weight is 266 g/mol. The molecule has 0 rings (SSSR count). The van der Waals surface area contributed by atoms with Crippen molar-refractivity contribution in [2.24, 2.45) is 0 Å². The van der Waals surface area contributed by atoms with Crippen molar-refractivity contribution in [1.29, 1.82) is 0 Å². The lowest BCUT2D eigenvalue weighted by Gasteiger charge is -2.28. The van der Waals surface area contributed by atoms with Gasteiger partial charge in [0.25, 0.3) is 0 Å². The van der Waals surface area contributed by atoms with Crippen LogP contribution in [0.5, 0.6) is 0 Å². The lowest BCUT2D eigenvalue weighted by molar-refractivity contribution is 0.0712. The Morgan fingerprint density at radius 1 is 0.875 bits per heavy atom. The fourth-order valence-electron chi connectivity index (χ4n) is 1.54. The molecule has 98 valence electrons. The zero-order valence-corrected chi connectivity index (χ0v) is 12.9. The summed E-state index contributed by atoms with van der Waals surface area (Å²) in [6.45, 7) is 10.2. The lowest BCUT2D eigenvalue weighted by Crippen LogP contribution is -2.46. The first-order valence-corrected chi connectivity index (χ1v) is 9.32. The minimum absolute atomic E-state index is 0.674. The standard InChI is InChI=1S/C11H26O3SSi/c1-5-12-16(13-6-2,14-7-3)11-9-10-15-8-4/h5-11H2,1-4H3. The minimum Gasteiger partial charge on any atom is -0.374 e. The molecule has 0 spiro atoms. The van der Waals surface area contributed by atoms with E-state index in [1.807, 2.05) is 32.5 Å². The molecule has 0 aliphatic rings. The van der Waals surface area contributed by atoms with Crippen molar-refractivity contribution < 1.29 is 13.3 Å². The van der Waals surface area contributed by atoms with Crippen LogP contribution >= 0.6 is 11.8 Å². The molecule has 0 saturated carbocycles. The van der Waals surface area contributed by atoms with Crippen molar-refractivity contribution in [3.8, 4) is 0 Å². The van der Waals surface area contributed by atoms with Crippen molar-refractivity contribution in [3.05, 3.63) is 0 Å². The van der Waals surface area contributed by atoms with Gasteiger partial charge in [-0.05, 0) is 38.7 Å². The zero-order valence-electron chi connectivity index (χ0n) is 11.1. The molecule has 0 bridgehead atoms. The Balaban J connectivity index is 4.12. The summed E-state index contributed by atoms with van der Waals surface area (Å²) in [5.74, 6) is 2.34. The summed E-state index contributed by atoms with van der Waals surface area (Å²) in [5, 5.41) is 0. The topological polar surface area (TPSA) is 27.7 Å². The van der Waals surface area contributed by atoms with Crippen LogP contribution in [0.15, 0.2) is 0 Å². The first-order chi connectivity index (χ1) is 7.74. The summed E-state index contributed by atoms with van der Waals surface area (Å²) >= 11 is 1.96. The van der Waals surface area contributed by atoms with E-state index in [9.17, 15) is 0 Å². The van der Waals surface area contributed by atoms with Crippen LogP contribution in [0.1, 0.15) is 34.1 Å². The van der Waals surface area contributed by atoms with Gasteiger partial charge in [0.05, 0.1) is 0 Å². The predicted molar refractivity (Wildman–Crippen MR) is 73.1 cm³/mol. The van der Waals surface area contributed by atoms with Gasteiger partial charge < -0.3 is 13.3 Å². The highest BCUT2D eigenvalue weighted by atomic mass is 32.2. The molecule has 0 amide bonds. The highest BCUT2D eigenvalue weighted by Crippen LogP contribution is 2.19. The van der Waals surface area contributed by atoms with Crippen molar-refractivity contribution in [1.82, 2.24) is 0 Å². The second kappa shape index (κ2) is 10.6. The van der Waals surface area contributed by atoms with Crippen molar-refractivity contribution in [2.45, 2.75) is 40.2 Å². The summed E-state index contributed by atoms with van der Waals surface area (Å²) in [5.41, 5.74) is 0. The normalized spacial score (nSPS) is 12.0. The Morgan fingerprint density at radius 3 is 1.75 bits per heavy atom. The van der Waals surface area contributed by atoms with Crippen LogP contribution in [0.4, 0.5) is 0 Å². The lowest BCUT2D eigenvalue weighted by atomic mass is 10.6. The number of hydrogen-bond acceptors (Lipinski definition) is 4. The van der Waals surface area contributed by atoms with E-state index >= 15 is 0 Å². The van der Waals surface area contributed by atoms with E-state index < -0.39 is 8.80 Å². The predicted octanol–water partition coefficient (Wildman–Crippen LogP) is 3.18. The summed E-state index contributed by atoms with van der Waals surface area (Å²) in [4.78, 5) is 0. The van der Waals surface area contributed by atoms with Gasteiger partial charge in [-0.3, -0.25) is 0 Å². The summed E-state index contributed by atoms with van der Waals surface area (Å²) in [7, 11) is -2.36. The fraction of sp³-hybridized carbons (Fsp3) is 1.00. The molecule has 0 unspecified atom stereocenters. The van der Waals surface area contributed by atoms with E-state index in [-0.39, 0.29) is 0 Å². The van der Waals surface area contributed by atoms with E-state index in [0.29, 0.717) is 19.8 Å². The van der Waals surface area contributed by atoms with Crippen molar-refractivity contribution in [2.75, 3.05) is 31.3 Å². The molecule has 0 heterocycles. The number of rotatable bonds is 11. The Kier molecular flexibility index (Phi) is 10.9. The van der Waals surface area contributed by atoms with Crippen LogP contribution in [0.25, 0.3) is 0 Å². The molecule has 0 aromatic heterocycles. The highest BCUT2D eigenvalue weighted by Gasteiger charge is 2.39. The Bertz CT molecular complexity index is 141. The molecule has 16 heavy (non-hydrogen) atoms. The molecule has 0 radical (unpaired) electrons. The van der Waals surface area contributed by atoms with Crippen LogP contribution in [-0.2, 0) is 13.3 Å². The maximum absolute atomic E-state index is 5.78. The third-order valence-electron chi connectivity index (χ3n) is 2.07. The molecule has 0 saturated heterocycles. The zero-order chi connectivity index (χ0) is 12.3. The molecule has 0 aromatic rings. The van der Waals surface area contributed by atoms with Gasteiger partial charge in [-0.2, -0.15) is 11.8 Å². The van der Waals surface area contributed by atoms with Gasteiger partial charge in [-0.1, -0.05) is 6.92 Å². The van der Waals surface area contributed by atoms with Gasteiger partial charge >= 0.3 is 8.80 Å². The largest absolute Gasteiger partial charge is 0.500 e. The van der Waals surface area contributed by atoms with Gasteiger partial charge in [-0.15, -0.1) is 0 Å². The summed E-state index contributed by atoms with van der Waals surface area (Å²) in [6.07, 6.45) is 1.12. The molecule has 3 nitrogen and oxygen atoms in total. The molecule has 0 atom stereocenters. The molecule has 0 aromatic carbocycles. The number of thioether (sulfide) groups is 1. The van der Waals surface area contributed by atoms with E-state index in [1.165, 1.54) is 11.5 Å². The molecule has 0 aliphatic carbocycles. The summed E-state index contributed by atoms with van der Waals surface area (Å²) in [6, 6.07) is 0.940. The van der Waals surface area contributed by atoms with Crippen LogP contribution in [0.3, 0.4) is 0 Å². The van der Waals surface area contributed by atoms with Crippen molar-refractivity contribution in [3.63, 3.8) is 0 Å². The Hall–Kier alpha value is 0.447. The SMILES string of the molecule is CCO[Si](CCCSCC)(OCC)OCC. The molecular formula is C11H26O3SSi. The molecular weight excluding hydrogens is 240 g/mol. The second-order valence-corrected chi connectivity index (χ2v) is 7.41. The second-order valence-electron chi connectivity index (χ2n) is 3.28. The monoisotopic (exact) mass is 266 g/mol.